The van der Waals surface area contributed by atoms with Crippen molar-refractivity contribution in [3.63, 3.8) is 0 Å². The number of carbonyl (C=O) groups excluding carboxylic acids is 2. The van der Waals surface area contributed by atoms with Crippen LogP contribution in [0.25, 0.3) is 0 Å². The number of nitrogens with one attached hydrogen (secondary N) is 1. The minimum Gasteiger partial charge on any atom is -0.333 e. The van der Waals surface area contributed by atoms with Gasteiger partial charge in [0, 0.05) is 45.4 Å². The van der Waals surface area contributed by atoms with Gasteiger partial charge in [-0.2, -0.15) is 0 Å². The lowest BCUT2D eigenvalue weighted by Gasteiger charge is -2.27. The minimum atomic E-state index is -0.104. The Bertz CT molecular complexity index is 1250. The molecule has 0 fully saturated rings. The number of nitrogens with zero attached hydrogens (tertiary/aromatic N) is 2. The fourth-order valence-corrected chi connectivity index (χ4v) is 4.75. The fourth-order valence-electron chi connectivity index (χ4n) is 3.66. The van der Waals surface area contributed by atoms with Crippen LogP contribution in [0.1, 0.15) is 88.8 Å². The SMILES string of the molecule is C/C=C(\C)C(=O)N1CCc2c(C(=O)Nc3ccnc(C(C)(C)C)c3)csc2C1.C/C=C\C=C/C(C)=C(C)C. The zero-order valence-corrected chi connectivity index (χ0v) is 25.3. The Balaban J connectivity index is 0.000000432. The highest BCUT2D eigenvalue weighted by molar-refractivity contribution is 7.10. The maximum Gasteiger partial charge on any atom is 0.256 e. The van der Waals surface area contributed by atoms with Crippen LogP contribution in [0.2, 0.25) is 0 Å². The van der Waals surface area contributed by atoms with Crippen molar-refractivity contribution in [1.82, 2.24) is 9.88 Å². The Labute approximate surface area is 233 Å². The van der Waals surface area contributed by atoms with Crippen LogP contribution in [0.3, 0.4) is 0 Å². The van der Waals surface area contributed by atoms with Crippen LogP contribution in [0, 0.1) is 0 Å². The molecule has 0 aliphatic carbocycles. The van der Waals surface area contributed by atoms with Gasteiger partial charge in [-0.15, -0.1) is 11.3 Å². The van der Waals surface area contributed by atoms with E-state index in [0.29, 0.717) is 25.1 Å². The Kier molecular flexibility index (Phi) is 11.5. The number of fused-ring (bicyclic) bond motifs is 1. The molecule has 0 aromatic carbocycles. The lowest BCUT2D eigenvalue weighted by atomic mass is 9.91. The van der Waals surface area contributed by atoms with E-state index in [1.807, 2.05) is 61.4 Å². The van der Waals surface area contributed by atoms with Gasteiger partial charge in [0.25, 0.3) is 5.91 Å². The molecule has 6 heteroatoms. The van der Waals surface area contributed by atoms with Crippen LogP contribution < -0.4 is 5.32 Å². The van der Waals surface area contributed by atoms with Crippen LogP contribution in [-0.4, -0.2) is 28.2 Å². The second-order valence-electron chi connectivity index (χ2n) is 10.7. The maximum atomic E-state index is 12.9. The first-order valence-corrected chi connectivity index (χ1v) is 14.0. The molecule has 0 bridgehead atoms. The number of aromatic nitrogens is 1. The molecule has 1 aliphatic rings. The first kappa shape index (κ1) is 31.0. The van der Waals surface area contributed by atoms with Gasteiger partial charge in [0.1, 0.15) is 0 Å². The average Bonchev–Trinajstić information content (AvgIpc) is 3.31. The Morgan fingerprint density at radius 2 is 1.82 bits per heavy atom. The molecular weight excluding hydrogens is 490 g/mol. The summed E-state index contributed by atoms with van der Waals surface area (Å²) in [6.07, 6.45) is 12.5. The number of hydrogen-bond donors (Lipinski definition) is 1. The number of allylic oxidation sites excluding steroid dienone is 7. The largest absolute Gasteiger partial charge is 0.333 e. The molecule has 5 nitrogen and oxygen atoms in total. The van der Waals surface area contributed by atoms with Crippen LogP contribution in [0.4, 0.5) is 5.69 Å². The van der Waals surface area contributed by atoms with E-state index in [-0.39, 0.29) is 17.2 Å². The molecule has 0 saturated heterocycles. The van der Waals surface area contributed by atoms with E-state index in [4.69, 9.17) is 0 Å². The summed E-state index contributed by atoms with van der Waals surface area (Å²) in [5, 5.41) is 4.91. The smallest absolute Gasteiger partial charge is 0.256 e. The quantitative estimate of drug-likeness (QED) is 0.313. The van der Waals surface area contributed by atoms with Gasteiger partial charge in [-0.1, -0.05) is 62.3 Å². The van der Waals surface area contributed by atoms with Crippen molar-refractivity contribution >= 4 is 28.8 Å². The summed E-state index contributed by atoms with van der Waals surface area (Å²) in [5.74, 6) is -0.0352. The predicted octanol–water partition coefficient (Wildman–Crippen LogP) is 8.02. The highest BCUT2D eigenvalue weighted by atomic mass is 32.1. The van der Waals surface area contributed by atoms with E-state index in [1.165, 1.54) is 11.1 Å². The fraction of sp³-hybridized carbons (Fsp3) is 0.406. The molecular formula is C32H43N3O2S. The van der Waals surface area contributed by atoms with E-state index in [1.54, 1.807) is 17.5 Å². The standard InChI is InChI=1S/C22H27N3O2S.C10H16/c1-6-14(2)21(27)25-10-8-16-17(13-28-18(16)12-25)20(26)24-15-7-9-23-19(11-15)22(3,4)5;1-5-6-7-8-10(4)9(2)3/h6-7,9,11,13H,8,10,12H2,1-5H3,(H,23,24,26);5-8H,1-4H3/b14-6+;6-5-,8-7-. The molecule has 0 atom stereocenters. The van der Waals surface area contributed by atoms with Gasteiger partial charge < -0.3 is 10.2 Å². The van der Waals surface area contributed by atoms with Crippen molar-refractivity contribution in [2.24, 2.45) is 0 Å². The highest BCUT2D eigenvalue weighted by Crippen LogP contribution is 2.30. The zero-order chi connectivity index (χ0) is 28.5. The van der Waals surface area contributed by atoms with Gasteiger partial charge in [0.15, 0.2) is 0 Å². The molecule has 0 spiro atoms. The topological polar surface area (TPSA) is 62.3 Å². The van der Waals surface area contributed by atoms with Gasteiger partial charge >= 0.3 is 0 Å². The predicted molar refractivity (Wildman–Crippen MR) is 162 cm³/mol. The number of rotatable bonds is 5. The molecule has 3 rings (SSSR count). The van der Waals surface area contributed by atoms with Gasteiger partial charge in [0.2, 0.25) is 5.91 Å². The maximum absolute atomic E-state index is 12.9. The van der Waals surface area contributed by atoms with E-state index >= 15 is 0 Å². The van der Waals surface area contributed by atoms with E-state index in [2.05, 4.69) is 64.0 Å². The third-order valence-electron chi connectivity index (χ3n) is 6.47. The number of pyridine rings is 1. The molecule has 2 amide bonds. The molecule has 2 aromatic heterocycles. The molecule has 204 valence electrons. The molecule has 0 radical (unpaired) electrons. The molecule has 0 saturated carbocycles. The summed E-state index contributed by atoms with van der Waals surface area (Å²) in [6, 6.07) is 3.74. The summed E-state index contributed by atoms with van der Waals surface area (Å²) in [6.45, 7) is 19.6. The number of thiophene rings is 1. The van der Waals surface area contributed by atoms with Crippen LogP contribution in [0.15, 0.2) is 70.8 Å². The lowest BCUT2D eigenvalue weighted by molar-refractivity contribution is -0.127. The van der Waals surface area contributed by atoms with Crippen LogP contribution in [0.5, 0.6) is 0 Å². The Hall–Kier alpha value is -3.25. The highest BCUT2D eigenvalue weighted by Gasteiger charge is 2.27. The van der Waals surface area contributed by atoms with Gasteiger partial charge in [0.05, 0.1) is 12.1 Å². The zero-order valence-electron chi connectivity index (χ0n) is 24.4. The molecule has 2 aromatic rings. The third kappa shape index (κ3) is 8.66. The number of hydrogen-bond acceptors (Lipinski definition) is 4. The summed E-state index contributed by atoms with van der Waals surface area (Å²) >= 11 is 1.55. The third-order valence-corrected chi connectivity index (χ3v) is 7.49. The Morgan fingerprint density at radius 3 is 2.42 bits per heavy atom. The summed E-state index contributed by atoms with van der Waals surface area (Å²) in [7, 11) is 0. The Morgan fingerprint density at radius 1 is 1.11 bits per heavy atom. The number of carbonyl (C=O) groups is 2. The van der Waals surface area contributed by atoms with Crippen molar-refractivity contribution in [1.29, 1.82) is 0 Å². The van der Waals surface area contributed by atoms with Gasteiger partial charge in [-0.05, 0) is 65.7 Å². The van der Waals surface area contributed by atoms with Crippen LogP contribution >= 0.6 is 11.3 Å². The second kappa shape index (κ2) is 14.1. The molecule has 38 heavy (non-hydrogen) atoms. The van der Waals surface area contributed by atoms with Crippen LogP contribution in [-0.2, 0) is 23.2 Å². The average molecular weight is 534 g/mol. The monoisotopic (exact) mass is 533 g/mol. The summed E-state index contributed by atoms with van der Waals surface area (Å²) in [5.41, 5.74) is 6.86. The van der Waals surface area contributed by atoms with Crippen molar-refractivity contribution in [3.8, 4) is 0 Å². The molecule has 0 unspecified atom stereocenters. The summed E-state index contributed by atoms with van der Waals surface area (Å²) < 4.78 is 0. The van der Waals surface area contributed by atoms with Crippen molar-refractivity contribution in [2.75, 3.05) is 11.9 Å². The molecule has 1 N–H and O–H groups in total. The van der Waals surface area contributed by atoms with Crippen molar-refractivity contribution < 1.29 is 9.59 Å². The summed E-state index contributed by atoms with van der Waals surface area (Å²) in [4.78, 5) is 32.6. The first-order chi connectivity index (χ1) is 17.9. The molecule has 1 aliphatic heterocycles. The van der Waals surface area contributed by atoms with E-state index in [0.717, 1.165) is 27.4 Å². The number of amides is 2. The minimum absolute atomic E-state index is 0.0686. The van der Waals surface area contributed by atoms with Crippen molar-refractivity contribution in [2.45, 2.75) is 80.7 Å². The van der Waals surface area contributed by atoms with E-state index < -0.39 is 0 Å². The second-order valence-corrected chi connectivity index (χ2v) is 11.7. The van der Waals surface area contributed by atoms with Crippen molar-refractivity contribution in [3.05, 3.63) is 92.5 Å². The van der Waals surface area contributed by atoms with Gasteiger partial charge in [-0.25, -0.2) is 0 Å². The first-order valence-electron chi connectivity index (χ1n) is 13.1. The van der Waals surface area contributed by atoms with E-state index in [9.17, 15) is 9.59 Å². The lowest BCUT2D eigenvalue weighted by Crippen LogP contribution is -2.36. The molecule has 3 heterocycles. The van der Waals surface area contributed by atoms with Gasteiger partial charge in [-0.3, -0.25) is 14.6 Å². The normalized spacial score (nSPS) is 13.7. The number of anilines is 1.